The van der Waals surface area contributed by atoms with E-state index in [9.17, 15) is 9.90 Å². The Hall–Kier alpha value is -1.42. The van der Waals surface area contributed by atoms with Crippen LogP contribution in [0.15, 0.2) is 18.2 Å². The summed E-state index contributed by atoms with van der Waals surface area (Å²) in [6.45, 7) is 3.14. The summed E-state index contributed by atoms with van der Waals surface area (Å²) in [5.41, 5.74) is 0.449. The fraction of sp³-hybridized carbons (Fsp3) is 0.462. The van der Waals surface area contributed by atoms with Gasteiger partial charge in [0.1, 0.15) is 0 Å². The number of rotatable bonds is 6. The summed E-state index contributed by atoms with van der Waals surface area (Å²) in [6, 6.07) is 4.65. The Morgan fingerprint density at radius 1 is 1.50 bits per heavy atom. The van der Waals surface area contributed by atoms with E-state index in [4.69, 9.17) is 16.3 Å². The zero-order chi connectivity index (χ0) is 13.5. The van der Waals surface area contributed by atoms with Crippen molar-refractivity contribution in [2.75, 3.05) is 26.1 Å². The first kappa shape index (κ1) is 14.6. The van der Waals surface area contributed by atoms with Crippen LogP contribution in [0, 0.1) is 0 Å². The maximum absolute atomic E-state index is 12.2. The minimum absolute atomic E-state index is 0.0308. The molecule has 100 valence electrons. The summed E-state index contributed by atoms with van der Waals surface area (Å²) in [6.07, 6.45) is 0.753. The Morgan fingerprint density at radius 2 is 2.22 bits per heavy atom. The number of aromatic hydroxyl groups is 1. The first-order valence-corrected chi connectivity index (χ1v) is 6.39. The van der Waals surface area contributed by atoms with Gasteiger partial charge < -0.3 is 14.7 Å². The second kappa shape index (κ2) is 7.11. The number of amides is 1. The number of hydrogen-bond donors (Lipinski definition) is 1. The summed E-state index contributed by atoms with van der Waals surface area (Å²) in [7, 11) is 1.47. The molecular weight excluding hydrogens is 254 g/mol. The fourth-order valence-corrected chi connectivity index (χ4v) is 1.78. The van der Waals surface area contributed by atoms with E-state index in [1.165, 1.54) is 13.2 Å². The Morgan fingerprint density at radius 3 is 2.72 bits per heavy atom. The molecule has 0 aliphatic heterocycles. The lowest BCUT2D eigenvalue weighted by atomic mass is 10.1. The molecule has 1 rings (SSSR count). The van der Waals surface area contributed by atoms with Crippen LogP contribution in [-0.4, -0.2) is 42.0 Å². The predicted molar refractivity (Wildman–Crippen MR) is 71.6 cm³/mol. The largest absolute Gasteiger partial charge is 0.504 e. The number of methoxy groups -OCH3 is 1. The van der Waals surface area contributed by atoms with E-state index in [0.29, 0.717) is 30.3 Å². The van der Waals surface area contributed by atoms with Gasteiger partial charge in [-0.1, -0.05) is 0 Å². The van der Waals surface area contributed by atoms with Crippen LogP contribution in [0.25, 0.3) is 0 Å². The van der Waals surface area contributed by atoms with Crippen molar-refractivity contribution >= 4 is 17.5 Å². The normalized spacial score (nSPS) is 10.2. The Balaban J connectivity index is 2.84. The van der Waals surface area contributed by atoms with Crippen molar-refractivity contribution < 1.29 is 14.6 Å². The first-order chi connectivity index (χ1) is 8.63. The van der Waals surface area contributed by atoms with Gasteiger partial charge in [0.05, 0.1) is 7.11 Å². The highest BCUT2D eigenvalue weighted by Crippen LogP contribution is 2.26. The summed E-state index contributed by atoms with van der Waals surface area (Å²) in [5.74, 6) is 0.741. The molecule has 0 heterocycles. The topological polar surface area (TPSA) is 49.8 Å². The highest BCUT2D eigenvalue weighted by molar-refractivity contribution is 6.17. The molecule has 1 N–H and O–H groups in total. The number of phenolic OH excluding ortho intramolecular Hbond substituents is 1. The summed E-state index contributed by atoms with van der Waals surface area (Å²) < 4.78 is 4.94. The van der Waals surface area contributed by atoms with Crippen LogP contribution in [0.4, 0.5) is 0 Å². The fourth-order valence-electron chi connectivity index (χ4n) is 1.66. The minimum atomic E-state index is -0.111. The molecule has 1 amide bonds. The molecule has 0 aliphatic rings. The van der Waals surface area contributed by atoms with Gasteiger partial charge in [0.15, 0.2) is 11.5 Å². The number of alkyl halides is 1. The third-order valence-corrected chi connectivity index (χ3v) is 2.92. The molecule has 0 aliphatic carbocycles. The van der Waals surface area contributed by atoms with Crippen LogP contribution in [0.3, 0.4) is 0 Å². The van der Waals surface area contributed by atoms with E-state index < -0.39 is 0 Å². The molecule has 1 aromatic rings. The van der Waals surface area contributed by atoms with E-state index in [0.717, 1.165) is 6.42 Å². The van der Waals surface area contributed by atoms with Gasteiger partial charge in [-0.25, -0.2) is 0 Å². The maximum Gasteiger partial charge on any atom is 0.253 e. The number of hydrogen-bond acceptors (Lipinski definition) is 3. The van der Waals surface area contributed by atoms with Gasteiger partial charge in [0, 0.05) is 24.5 Å². The third-order valence-electron chi connectivity index (χ3n) is 2.66. The van der Waals surface area contributed by atoms with Crippen LogP contribution in [-0.2, 0) is 0 Å². The molecule has 0 spiro atoms. The Labute approximate surface area is 112 Å². The monoisotopic (exact) mass is 271 g/mol. The van der Waals surface area contributed by atoms with Gasteiger partial charge in [0.2, 0.25) is 0 Å². The molecular formula is C13H18ClNO3. The molecule has 18 heavy (non-hydrogen) atoms. The molecule has 0 aromatic heterocycles. The zero-order valence-electron chi connectivity index (χ0n) is 10.6. The predicted octanol–water partition coefficient (Wildman–Crippen LogP) is 2.49. The number of ether oxygens (including phenoxy) is 1. The molecule has 0 saturated heterocycles. The summed E-state index contributed by atoms with van der Waals surface area (Å²) in [5, 5.41) is 9.65. The maximum atomic E-state index is 12.2. The molecule has 4 nitrogen and oxygen atoms in total. The van der Waals surface area contributed by atoms with Crippen LogP contribution in [0.5, 0.6) is 11.5 Å². The average Bonchev–Trinajstić information content (AvgIpc) is 2.39. The number of carbonyl (C=O) groups excluding carboxylic acids is 1. The van der Waals surface area contributed by atoms with E-state index in [-0.39, 0.29) is 11.7 Å². The lowest BCUT2D eigenvalue weighted by molar-refractivity contribution is 0.0764. The lowest BCUT2D eigenvalue weighted by Gasteiger charge is -2.20. The zero-order valence-corrected chi connectivity index (χ0v) is 11.4. The average molecular weight is 272 g/mol. The standard InChI is InChI=1S/C13H18ClNO3/c1-3-15(8-4-7-14)13(17)10-5-6-12(18-2)11(16)9-10/h5-6,9,16H,3-4,7-8H2,1-2H3. The van der Waals surface area contributed by atoms with E-state index >= 15 is 0 Å². The van der Waals surface area contributed by atoms with E-state index in [1.807, 2.05) is 6.92 Å². The number of halogens is 1. The second-order valence-electron chi connectivity index (χ2n) is 3.81. The van der Waals surface area contributed by atoms with Gasteiger partial charge in [-0.05, 0) is 31.5 Å². The second-order valence-corrected chi connectivity index (χ2v) is 4.19. The summed E-state index contributed by atoms with van der Waals surface area (Å²) in [4.78, 5) is 13.9. The number of phenols is 1. The minimum Gasteiger partial charge on any atom is -0.504 e. The molecule has 0 radical (unpaired) electrons. The summed E-state index contributed by atoms with van der Waals surface area (Å²) >= 11 is 5.62. The molecule has 1 aromatic carbocycles. The van der Waals surface area contributed by atoms with Crippen molar-refractivity contribution in [1.82, 2.24) is 4.90 Å². The smallest absolute Gasteiger partial charge is 0.253 e. The molecule has 0 saturated carbocycles. The molecule has 0 unspecified atom stereocenters. The van der Waals surface area contributed by atoms with Crippen molar-refractivity contribution in [3.05, 3.63) is 23.8 Å². The molecule has 0 atom stereocenters. The first-order valence-electron chi connectivity index (χ1n) is 5.86. The van der Waals surface area contributed by atoms with Crippen LogP contribution >= 0.6 is 11.6 Å². The van der Waals surface area contributed by atoms with Gasteiger partial charge >= 0.3 is 0 Å². The number of benzene rings is 1. The Bertz CT molecular complexity index is 409. The van der Waals surface area contributed by atoms with Gasteiger partial charge in [-0.15, -0.1) is 11.6 Å². The van der Waals surface area contributed by atoms with Gasteiger partial charge in [-0.2, -0.15) is 0 Å². The highest BCUT2D eigenvalue weighted by Gasteiger charge is 2.15. The lowest BCUT2D eigenvalue weighted by Crippen LogP contribution is -2.31. The van der Waals surface area contributed by atoms with E-state index in [1.54, 1.807) is 17.0 Å². The number of carbonyl (C=O) groups is 1. The molecule has 0 bridgehead atoms. The van der Waals surface area contributed by atoms with Crippen molar-refractivity contribution in [3.8, 4) is 11.5 Å². The Kier molecular flexibility index (Phi) is 5.78. The number of nitrogens with zero attached hydrogens (tertiary/aromatic N) is 1. The quantitative estimate of drug-likeness (QED) is 0.809. The van der Waals surface area contributed by atoms with Crippen molar-refractivity contribution in [3.63, 3.8) is 0 Å². The van der Waals surface area contributed by atoms with E-state index in [2.05, 4.69) is 0 Å². The third kappa shape index (κ3) is 3.53. The van der Waals surface area contributed by atoms with Crippen LogP contribution in [0.1, 0.15) is 23.7 Å². The van der Waals surface area contributed by atoms with Crippen molar-refractivity contribution in [2.45, 2.75) is 13.3 Å². The van der Waals surface area contributed by atoms with Crippen molar-refractivity contribution in [1.29, 1.82) is 0 Å². The van der Waals surface area contributed by atoms with Gasteiger partial charge in [0.25, 0.3) is 5.91 Å². The van der Waals surface area contributed by atoms with Crippen molar-refractivity contribution in [2.24, 2.45) is 0 Å². The highest BCUT2D eigenvalue weighted by atomic mass is 35.5. The van der Waals surface area contributed by atoms with Gasteiger partial charge in [-0.3, -0.25) is 4.79 Å². The van der Waals surface area contributed by atoms with Crippen LogP contribution in [0.2, 0.25) is 0 Å². The SMILES string of the molecule is CCN(CCCCl)C(=O)c1ccc(OC)c(O)c1. The molecule has 5 heteroatoms. The molecule has 0 fully saturated rings. The van der Waals surface area contributed by atoms with Crippen LogP contribution < -0.4 is 4.74 Å².